The minimum absolute atomic E-state index is 0.0655. The van der Waals surface area contributed by atoms with Gasteiger partial charge in [0.1, 0.15) is 10.4 Å². The van der Waals surface area contributed by atoms with Gasteiger partial charge in [-0.15, -0.1) is 0 Å². The Balaban J connectivity index is 2.55. The van der Waals surface area contributed by atoms with Gasteiger partial charge in [0.2, 0.25) is 6.10 Å². The number of benzene rings is 1. The van der Waals surface area contributed by atoms with Gasteiger partial charge in [0.15, 0.2) is 0 Å². The number of halogens is 6. The summed E-state index contributed by atoms with van der Waals surface area (Å²) < 4.78 is 48.6. The van der Waals surface area contributed by atoms with Crippen LogP contribution in [0.1, 0.15) is 5.56 Å². The van der Waals surface area contributed by atoms with Crippen LogP contribution in [0.15, 0.2) is 17.7 Å². The zero-order valence-electron chi connectivity index (χ0n) is 10.0. The van der Waals surface area contributed by atoms with E-state index >= 15 is 0 Å². The van der Waals surface area contributed by atoms with E-state index in [0.717, 1.165) is 6.08 Å². The third-order valence-corrected chi connectivity index (χ3v) is 3.40. The van der Waals surface area contributed by atoms with Crippen molar-refractivity contribution < 1.29 is 27.4 Å². The first-order valence-electron chi connectivity index (χ1n) is 5.41. The lowest BCUT2D eigenvalue weighted by Gasteiger charge is -2.28. The smallest absolute Gasteiger partial charge is 0.430 e. The van der Waals surface area contributed by atoms with Gasteiger partial charge in [0.25, 0.3) is 0 Å². The number of rotatable bonds is 2. The zero-order valence-corrected chi connectivity index (χ0v) is 13.7. The first-order valence-corrected chi connectivity index (χ1v) is 7.69. The number of fused-ring (bicyclic) bond motifs is 1. The van der Waals surface area contributed by atoms with Crippen LogP contribution < -0.4 is 4.74 Å². The molecule has 0 aromatic heterocycles. The van der Waals surface area contributed by atoms with E-state index in [0.29, 0.717) is 0 Å². The molecule has 1 aliphatic rings. The van der Waals surface area contributed by atoms with E-state index in [9.17, 15) is 18.0 Å². The fourth-order valence-corrected chi connectivity index (χ4v) is 2.61. The molecule has 1 aromatic rings. The highest BCUT2D eigenvalue weighted by Crippen LogP contribution is 2.42. The SMILES string of the molecule is O=C(OCI)C1=Cc2cc(Cl)cc(Cl)c2O[C@@H]1C(F)(F)F. The molecule has 0 saturated carbocycles. The van der Waals surface area contributed by atoms with Crippen molar-refractivity contribution in [1.82, 2.24) is 0 Å². The highest BCUT2D eigenvalue weighted by atomic mass is 127. The first-order chi connectivity index (χ1) is 9.74. The number of carbonyl (C=O) groups is 1. The third kappa shape index (κ3) is 3.57. The van der Waals surface area contributed by atoms with Crippen molar-refractivity contribution in [2.75, 3.05) is 4.61 Å². The Morgan fingerprint density at radius 2 is 2.05 bits per heavy atom. The lowest BCUT2D eigenvalue weighted by Crippen LogP contribution is -2.40. The predicted molar refractivity (Wildman–Crippen MR) is 79.9 cm³/mol. The quantitative estimate of drug-likeness (QED) is 0.372. The highest BCUT2D eigenvalue weighted by Gasteiger charge is 2.49. The van der Waals surface area contributed by atoms with Crippen LogP contribution in [0.25, 0.3) is 6.08 Å². The van der Waals surface area contributed by atoms with Crippen LogP contribution in [0.2, 0.25) is 10.0 Å². The summed E-state index contributed by atoms with van der Waals surface area (Å²) in [6.45, 7) is 0. The van der Waals surface area contributed by atoms with Crippen molar-refractivity contribution in [1.29, 1.82) is 0 Å². The molecule has 0 N–H and O–H groups in total. The number of alkyl halides is 4. The highest BCUT2D eigenvalue weighted by molar-refractivity contribution is 14.1. The van der Waals surface area contributed by atoms with Crippen LogP contribution in [-0.2, 0) is 9.53 Å². The van der Waals surface area contributed by atoms with Crippen LogP contribution in [0.3, 0.4) is 0 Å². The topological polar surface area (TPSA) is 35.5 Å². The van der Waals surface area contributed by atoms with Crippen LogP contribution in [0, 0.1) is 0 Å². The predicted octanol–water partition coefficient (Wildman–Crippen LogP) is 4.64. The number of esters is 1. The molecule has 9 heteroatoms. The number of ether oxygens (including phenoxy) is 2. The Kier molecular flexibility index (Phi) is 4.94. The average Bonchev–Trinajstić information content (AvgIpc) is 2.36. The second kappa shape index (κ2) is 6.21. The summed E-state index contributed by atoms with van der Waals surface area (Å²) in [5.74, 6) is -1.28. The zero-order chi connectivity index (χ0) is 15.8. The van der Waals surface area contributed by atoms with Gasteiger partial charge in [-0.25, -0.2) is 4.79 Å². The van der Waals surface area contributed by atoms with Crippen molar-refractivity contribution in [3.63, 3.8) is 0 Å². The molecular formula is C12H6Cl2F3IO3. The van der Waals surface area contributed by atoms with E-state index in [-0.39, 0.29) is 26.0 Å². The van der Waals surface area contributed by atoms with Crippen molar-refractivity contribution in [2.24, 2.45) is 0 Å². The van der Waals surface area contributed by atoms with Crippen molar-refractivity contribution in [3.05, 3.63) is 33.3 Å². The van der Waals surface area contributed by atoms with Gasteiger partial charge in [-0.2, -0.15) is 13.2 Å². The minimum atomic E-state index is -4.78. The van der Waals surface area contributed by atoms with Crippen molar-refractivity contribution >= 4 is 57.8 Å². The van der Waals surface area contributed by atoms with E-state index in [2.05, 4.69) is 4.74 Å². The van der Waals surface area contributed by atoms with E-state index < -0.39 is 23.8 Å². The van der Waals surface area contributed by atoms with Gasteiger partial charge < -0.3 is 9.47 Å². The molecule has 0 amide bonds. The lowest BCUT2D eigenvalue weighted by atomic mass is 10.0. The van der Waals surface area contributed by atoms with Crippen molar-refractivity contribution in [3.8, 4) is 5.75 Å². The molecule has 0 saturated heterocycles. The molecule has 114 valence electrons. The van der Waals surface area contributed by atoms with Gasteiger partial charge in [-0.3, -0.25) is 0 Å². The molecule has 1 atom stereocenters. The average molecular weight is 453 g/mol. The molecule has 0 radical (unpaired) electrons. The second-order valence-electron chi connectivity index (χ2n) is 3.99. The second-order valence-corrected chi connectivity index (χ2v) is 5.45. The fraction of sp³-hybridized carbons (Fsp3) is 0.250. The van der Waals surface area contributed by atoms with Gasteiger partial charge in [-0.05, 0) is 40.8 Å². The van der Waals surface area contributed by atoms with Crippen LogP contribution in [-0.4, -0.2) is 22.9 Å². The summed E-state index contributed by atoms with van der Waals surface area (Å²) in [5, 5.41) is 0.148. The van der Waals surface area contributed by atoms with Crippen LogP contribution >= 0.6 is 45.8 Å². The molecule has 0 unspecified atom stereocenters. The van der Waals surface area contributed by atoms with Crippen LogP contribution in [0.5, 0.6) is 5.75 Å². The molecule has 1 aromatic carbocycles. The Morgan fingerprint density at radius 3 is 2.62 bits per heavy atom. The number of hydrogen-bond donors (Lipinski definition) is 0. The Bertz CT molecular complexity index is 617. The minimum Gasteiger partial charge on any atom is -0.474 e. The maximum atomic E-state index is 13.1. The maximum Gasteiger partial charge on any atom is 0.430 e. The molecule has 21 heavy (non-hydrogen) atoms. The standard InChI is InChI=1S/C12H6Cl2F3IO3/c13-6-1-5-2-7(11(19)20-4-18)10(12(15,16)17)21-9(5)8(14)3-6/h1-3,10H,4H2/t10-/m0/s1. The molecule has 0 bridgehead atoms. The molecule has 0 spiro atoms. The van der Waals surface area contributed by atoms with E-state index in [1.807, 2.05) is 0 Å². The molecular weight excluding hydrogens is 447 g/mol. The molecule has 0 aliphatic carbocycles. The van der Waals surface area contributed by atoms with E-state index in [4.69, 9.17) is 27.9 Å². The summed E-state index contributed by atoms with van der Waals surface area (Å²) >= 11 is 13.3. The Labute approximate surface area is 141 Å². The summed E-state index contributed by atoms with van der Waals surface area (Å²) in [6, 6.07) is 2.62. The lowest BCUT2D eigenvalue weighted by molar-refractivity contribution is -0.187. The molecule has 2 rings (SSSR count). The maximum absolute atomic E-state index is 13.1. The summed E-state index contributed by atoms with van der Waals surface area (Å²) in [5.41, 5.74) is -0.460. The van der Waals surface area contributed by atoms with Crippen LogP contribution in [0.4, 0.5) is 13.2 Å². The summed E-state index contributed by atoms with van der Waals surface area (Å²) in [7, 11) is 0. The normalized spacial score (nSPS) is 17.6. The third-order valence-electron chi connectivity index (χ3n) is 2.58. The molecule has 0 fully saturated rings. The van der Waals surface area contributed by atoms with Gasteiger partial charge in [-0.1, -0.05) is 23.2 Å². The molecule has 3 nitrogen and oxygen atoms in total. The largest absolute Gasteiger partial charge is 0.474 e. The number of carbonyl (C=O) groups excluding carboxylic acids is 1. The van der Waals surface area contributed by atoms with E-state index in [1.54, 1.807) is 22.6 Å². The summed E-state index contributed by atoms with van der Waals surface area (Å²) in [6.07, 6.45) is -6.18. The van der Waals surface area contributed by atoms with Gasteiger partial charge in [0.05, 0.1) is 10.6 Å². The van der Waals surface area contributed by atoms with Gasteiger partial charge in [0, 0.05) is 10.6 Å². The molecule has 1 heterocycles. The fourth-order valence-electron chi connectivity index (χ4n) is 1.78. The first kappa shape index (κ1) is 16.7. The summed E-state index contributed by atoms with van der Waals surface area (Å²) in [4.78, 5) is 11.7. The number of hydrogen-bond acceptors (Lipinski definition) is 3. The molecule has 1 aliphatic heterocycles. The van der Waals surface area contributed by atoms with Gasteiger partial charge >= 0.3 is 12.1 Å². The van der Waals surface area contributed by atoms with Crippen molar-refractivity contribution in [2.45, 2.75) is 12.3 Å². The van der Waals surface area contributed by atoms with E-state index in [1.165, 1.54) is 12.1 Å². The monoisotopic (exact) mass is 452 g/mol. The Morgan fingerprint density at radius 1 is 1.38 bits per heavy atom. The Hall–Kier alpha value is -0.670.